The van der Waals surface area contributed by atoms with Gasteiger partial charge in [-0.15, -0.1) is 0 Å². The van der Waals surface area contributed by atoms with Crippen LogP contribution in [0.25, 0.3) is 0 Å². The number of carbonyl (C=O) groups excluding carboxylic acids is 4. The molecule has 2 fully saturated rings. The van der Waals surface area contributed by atoms with Crippen molar-refractivity contribution >= 4 is 33.8 Å². The molecule has 2 saturated carbocycles. The summed E-state index contributed by atoms with van der Waals surface area (Å²) >= 11 is 0. The summed E-state index contributed by atoms with van der Waals surface area (Å²) in [5.41, 5.74) is 6.72. The van der Waals surface area contributed by atoms with E-state index in [-0.39, 0.29) is 19.4 Å². The third kappa shape index (κ3) is 6.95. The number of hydrogen-bond acceptors (Lipinski definition) is 8. The van der Waals surface area contributed by atoms with Gasteiger partial charge in [-0.05, 0) is 49.7 Å². The van der Waals surface area contributed by atoms with Crippen LogP contribution < -0.4 is 21.1 Å². The standard InChI is InChI=1S/C29H39N5O7S/c30-23-11-5-3-1-2-4-10-21-16-29(21,27(37)33-42(39,40)22-12-13-22)32-26(36)24(31-25(23)35)14-15-41-28(38)34-17-19-8-6-7-9-20(19)18-34/h4,6-10,21-24H,1-3,5,11-18,30H2,(H,31,35)(H,32,36)(H,33,37)/b10-4-/t21?,23-,24-,29+/m0/s1. The Bertz CT molecular complexity index is 1340. The molecule has 1 aromatic rings. The van der Waals surface area contributed by atoms with Gasteiger partial charge in [0.05, 0.1) is 17.9 Å². The maximum atomic E-state index is 13.6. The zero-order chi connectivity index (χ0) is 29.9. The molecule has 0 radical (unpaired) electrons. The summed E-state index contributed by atoms with van der Waals surface area (Å²) in [5.74, 6) is -2.38. The first-order valence-electron chi connectivity index (χ1n) is 14.7. The van der Waals surface area contributed by atoms with Gasteiger partial charge in [0.25, 0.3) is 5.91 Å². The summed E-state index contributed by atoms with van der Waals surface area (Å²) in [4.78, 5) is 54.1. The molecule has 2 aliphatic heterocycles. The van der Waals surface area contributed by atoms with E-state index in [9.17, 15) is 27.6 Å². The largest absolute Gasteiger partial charge is 0.449 e. The van der Waals surface area contributed by atoms with Crippen molar-refractivity contribution < 1.29 is 32.3 Å². The molecule has 4 atom stereocenters. The zero-order valence-corrected chi connectivity index (χ0v) is 24.4. The lowest BCUT2D eigenvalue weighted by Gasteiger charge is -2.25. The smallest absolute Gasteiger partial charge is 0.410 e. The predicted molar refractivity (Wildman–Crippen MR) is 153 cm³/mol. The van der Waals surface area contributed by atoms with Crippen LogP contribution in [0.4, 0.5) is 4.79 Å². The molecular formula is C29H39N5O7S. The van der Waals surface area contributed by atoms with E-state index in [0.29, 0.717) is 32.4 Å². The number of benzene rings is 1. The average molecular weight is 602 g/mol. The molecule has 5 N–H and O–H groups in total. The topological polar surface area (TPSA) is 177 Å². The molecule has 13 heteroatoms. The summed E-state index contributed by atoms with van der Waals surface area (Å²) in [7, 11) is -3.84. The van der Waals surface area contributed by atoms with Crippen LogP contribution in [0.15, 0.2) is 36.4 Å². The van der Waals surface area contributed by atoms with Crippen molar-refractivity contribution in [2.24, 2.45) is 11.7 Å². The predicted octanol–water partition coefficient (Wildman–Crippen LogP) is 1.34. The minimum Gasteiger partial charge on any atom is -0.449 e. The van der Waals surface area contributed by atoms with Crippen LogP contribution in [-0.4, -0.2) is 66.6 Å². The second kappa shape index (κ2) is 12.4. The Kier molecular flexibility index (Phi) is 8.88. The molecule has 1 aromatic carbocycles. The SMILES string of the molecule is N[C@H]1CCCCC/C=C\C2C[C@@]2(C(=O)NS(=O)(=O)C2CC2)NC(=O)[C@H](CCOC(=O)N2Cc3ccccc3C2)NC1=O. The number of carbonyl (C=O) groups is 4. The molecule has 12 nitrogen and oxygen atoms in total. The third-order valence-electron chi connectivity index (χ3n) is 8.42. The molecule has 0 bridgehead atoms. The van der Waals surface area contributed by atoms with E-state index in [1.54, 1.807) is 4.90 Å². The fourth-order valence-electron chi connectivity index (χ4n) is 5.53. The first-order chi connectivity index (χ1) is 20.1. The van der Waals surface area contributed by atoms with E-state index in [1.807, 2.05) is 36.4 Å². The van der Waals surface area contributed by atoms with Crippen molar-refractivity contribution in [1.29, 1.82) is 0 Å². The normalized spacial score (nSPS) is 29.1. The summed E-state index contributed by atoms with van der Waals surface area (Å²) in [5, 5.41) is 4.80. The lowest BCUT2D eigenvalue weighted by atomic mass is 10.1. The number of nitrogens with one attached hydrogen (secondary N) is 3. The average Bonchev–Trinajstić information content (AvgIpc) is 3.87. The van der Waals surface area contributed by atoms with Crippen LogP contribution in [0.1, 0.15) is 68.9 Å². The maximum absolute atomic E-state index is 13.6. The molecule has 4 amide bonds. The number of ether oxygens (including phenoxy) is 1. The van der Waals surface area contributed by atoms with Crippen LogP contribution in [0, 0.1) is 5.92 Å². The van der Waals surface area contributed by atoms with Crippen molar-refractivity contribution in [3.8, 4) is 0 Å². The molecule has 1 unspecified atom stereocenters. The monoisotopic (exact) mass is 601 g/mol. The Morgan fingerprint density at radius 2 is 1.76 bits per heavy atom. The molecule has 2 aliphatic carbocycles. The van der Waals surface area contributed by atoms with E-state index < -0.39 is 62.6 Å². The zero-order valence-electron chi connectivity index (χ0n) is 23.5. The molecular weight excluding hydrogens is 562 g/mol. The second-order valence-corrected chi connectivity index (χ2v) is 13.7. The fourth-order valence-corrected chi connectivity index (χ4v) is 6.89. The highest BCUT2D eigenvalue weighted by molar-refractivity contribution is 7.91. The first kappa shape index (κ1) is 30.0. The van der Waals surface area contributed by atoms with Crippen LogP contribution in [0.2, 0.25) is 0 Å². The Labute approximate surface area is 245 Å². The van der Waals surface area contributed by atoms with Gasteiger partial charge in [-0.3, -0.25) is 24.0 Å². The Balaban J connectivity index is 1.27. The maximum Gasteiger partial charge on any atom is 0.410 e. The molecule has 5 rings (SSSR count). The molecule has 0 spiro atoms. The quantitative estimate of drug-likeness (QED) is 0.353. The first-order valence-corrected chi connectivity index (χ1v) is 16.2. The van der Waals surface area contributed by atoms with Crippen LogP contribution >= 0.6 is 0 Å². The third-order valence-corrected chi connectivity index (χ3v) is 10.2. The van der Waals surface area contributed by atoms with Crippen molar-refractivity contribution in [3.63, 3.8) is 0 Å². The van der Waals surface area contributed by atoms with Crippen LogP contribution in [-0.2, 0) is 42.2 Å². The lowest BCUT2D eigenvalue weighted by molar-refractivity contribution is -0.133. The molecule has 42 heavy (non-hydrogen) atoms. The Hall–Kier alpha value is -3.45. The number of nitrogens with zero attached hydrogens (tertiary/aromatic N) is 1. The number of rotatable bonds is 6. The van der Waals surface area contributed by atoms with Crippen molar-refractivity contribution in [2.75, 3.05) is 6.61 Å². The van der Waals surface area contributed by atoms with Gasteiger partial charge < -0.3 is 21.1 Å². The van der Waals surface area contributed by atoms with Crippen molar-refractivity contribution in [2.45, 2.75) is 93.7 Å². The van der Waals surface area contributed by atoms with Gasteiger partial charge in [0.15, 0.2) is 0 Å². The van der Waals surface area contributed by atoms with Crippen LogP contribution in [0.5, 0.6) is 0 Å². The number of hydrogen-bond donors (Lipinski definition) is 4. The van der Waals surface area contributed by atoms with E-state index in [0.717, 1.165) is 36.8 Å². The lowest BCUT2D eigenvalue weighted by Crippen LogP contribution is -2.58. The van der Waals surface area contributed by atoms with Gasteiger partial charge in [-0.25, -0.2) is 13.2 Å². The molecule has 0 saturated heterocycles. The van der Waals surface area contributed by atoms with E-state index in [1.165, 1.54) is 0 Å². The number of nitrogens with two attached hydrogens (primary N) is 1. The minimum absolute atomic E-state index is 0.0601. The highest BCUT2D eigenvalue weighted by Gasteiger charge is 2.61. The Morgan fingerprint density at radius 1 is 1.05 bits per heavy atom. The summed E-state index contributed by atoms with van der Waals surface area (Å²) < 4.78 is 32.7. The summed E-state index contributed by atoms with van der Waals surface area (Å²) in [6.45, 7) is 0.666. The molecule has 4 aliphatic rings. The fraction of sp³-hybridized carbons (Fsp3) is 0.586. The summed E-state index contributed by atoms with van der Waals surface area (Å²) in [6.07, 6.45) is 8.06. The van der Waals surface area contributed by atoms with E-state index >= 15 is 0 Å². The van der Waals surface area contributed by atoms with Gasteiger partial charge in [0, 0.05) is 25.4 Å². The second-order valence-electron chi connectivity index (χ2n) is 11.7. The molecule has 2 heterocycles. The van der Waals surface area contributed by atoms with Gasteiger partial charge >= 0.3 is 6.09 Å². The minimum atomic E-state index is -3.84. The number of amides is 4. The number of fused-ring (bicyclic) bond motifs is 2. The van der Waals surface area contributed by atoms with Gasteiger partial charge in [-0.1, -0.05) is 49.3 Å². The van der Waals surface area contributed by atoms with Gasteiger partial charge in [0.1, 0.15) is 11.6 Å². The van der Waals surface area contributed by atoms with Gasteiger partial charge in [0.2, 0.25) is 21.8 Å². The van der Waals surface area contributed by atoms with Gasteiger partial charge in [-0.2, -0.15) is 0 Å². The molecule has 0 aromatic heterocycles. The highest BCUT2D eigenvalue weighted by atomic mass is 32.2. The van der Waals surface area contributed by atoms with Crippen molar-refractivity contribution in [1.82, 2.24) is 20.3 Å². The highest BCUT2D eigenvalue weighted by Crippen LogP contribution is 2.45. The Morgan fingerprint density at radius 3 is 2.45 bits per heavy atom. The summed E-state index contributed by atoms with van der Waals surface area (Å²) in [6, 6.07) is 5.72. The van der Waals surface area contributed by atoms with Crippen LogP contribution in [0.3, 0.4) is 0 Å². The number of sulfonamides is 1. The van der Waals surface area contributed by atoms with E-state index in [4.69, 9.17) is 10.5 Å². The molecule has 228 valence electrons. The van der Waals surface area contributed by atoms with Crippen molar-refractivity contribution in [3.05, 3.63) is 47.5 Å². The number of allylic oxidation sites excluding steroid dienone is 1. The van der Waals surface area contributed by atoms with E-state index in [2.05, 4.69) is 15.4 Å².